The summed E-state index contributed by atoms with van der Waals surface area (Å²) >= 11 is 0. The van der Waals surface area contributed by atoms with Gasteiger partial charge in [-0.05, 0) is 44.7 Å². The molecule has 6 nitrogen and oxygen atoms in total. The molecule has 0 unspecified atom stereocenters. The molecule has 0 aliphatic carbocycles. The Morgan fingerprint density at radius 1 is 1.15 bits per heavy atom. The number of carboxylic acids is 1. The molecule has 0 saturated heterocycles. The van der Waals surface area contributed by atoms with Gasteiger partial charge in [0.1, 0.15) is 6.04 Å². The third-order valence-electron chi connectivity index (χ3n) is 3.84. The molecule has 1 aromatic carbocycles. The lowest BCUT2D eigenvalue weighted by molar-refractivity contribution is -0.141. The Bertz CT molecular complexity index is 666. The number of hydrogen-bond donors (Lipinski definition) is 3. The topological polar surface area (TPSA) is 95.5 Å². The van der Waals surface area contributed by atoms with E-state index in [9.17, 15) is 19.5 Å². The highest BCUT2D eigenvalue weighted by Crippen LogP contribution is 2.04. The first-order chi connectivity index (χ1) is 12.4. The predicted octanol–water partition coefficient (Wildman–Crippen LogP) is 2.52. The minimum absolute atomic E-state index is 0.123. The van der Waals surface area contributed by atoms with E-state index in [0.717, 1.165) is 5.56 Å². The first-order valence-corrected chi connectivity index (χ1v) is 8.61. The maximum absolute atomic E-state index is 11.9. The van der Waals surface area contributed by atoms with Gasteiger partial charge < -0.3 is 15.7 Å². The molecule has 0 bridgehead atoms. The number of hydrogen-bond acceptors (Lipinski definition) is 3. The number of carboxylic acid groups (broad SMARTS) is 1. The molecule has 1 aromatic rings. The maximum Gasteiger partial charge on any atom is 0.326 e. The van der Waals surface area contributed by atoms with Gasteiger partial charge in [-0.25, -0.2) is 4.79 Å². The molecule has 0 saturated carbocycles. The molecule has 0 aliphatic heterocycles. The van der Waals surface area contributed by atoms with E-state index in [0.29, 0.717) is 31.4 Å². The number of aliphatic carboxylic acids is 1. The summed E-state index contributed by atoms with van der Waals surface area (Å²) in [5, 5.41) is 14.5. The summed E-state index contributed by atoms with van der Waals surface area (Å²) in [6.45, 7) is 3.99. The number of benzene rings is 1. The molecule has 2 amide bonds. The van der Waals surface area contributed by atoms with Crippen LogP contribution >= 0.6 is 0 Å². The van der Waals surface area contributed by atoms with Crippen LogP contribution in [-0.2, 0) is 14.4 Å². The number of carbonyl (C=O) groups excluding carboxylic acids is 2. The Kier molecular flexibility index (Phi) is 9.46. The number of rotatable bonds is 10. The summed E-state index contributed by atoms with van der Waals surface area (Å²) in [6, 6.07) is 8.34. The van der Waals surface area contributed by atoms with Crippen molar-refractivity contribution in [1.29, 1.82) is 0 Å². The average Bonchev–Trinajstić information content (AvgIpc) is 2.64. The van der Waals surface area contributed by atoms with E-state index in [1.807, 2.05) is 30.3 Å². The van der Waals surface area contributed by atoms with E-state index in [1.165, 1.54) is 6.08 Å². The monoisotopic (exact) mass is 358 g/mol. The normalized spacial score (nSPS) is 12.6. The standard InChI is InChI=1S/C20H26N2O4/c1-3-15(2)19(24)21-14-8-7-11-17(20(25)26)22-18(23)13-12-16-9-5-4-6-10-16/h3-6,9-10,12-13,17H,7-8,11,14H2,1-2H3,(H,21,24)(H,22,23)(H,25,26)/b13-12?,15-3+/t17-/m0/s1. The van der Waals surface area contributed by atoms with Crippen molar-refractivity contribution in [3.8, 4) is 0 Å². The Hall–Kier alpha value is -2.89. The zero-order valence-electron chi connectivity index (χ0n) is 15.2. The molecule has 0 fully saturated rings. The summed E-state index contributed by atoms with van der Waals surface area (Å²) in [5.41, 5.74) is 1.51. The van der Waals surface area contributed by atoms with Crippen molar-refractivity contribution in [2.75, 3.05) is 6.54 Å². The van der Waals surface area contributed by atoms with Gasteiger partial charge in [-0.1, -0.05) is 36.4 Å². The van der Waals surface area contributed by atoms with Gasteiger partial charge in [0.2, 0.25) is 11.8 Å². The van der Waals surface area contributed by atoms with E-state index >= 15 is 0 Å². The van der Waals surface area contributed by atoms with Crippen molar-refractivity contribution in [3.63, 3.8) is 0 Å². The second kappa shape index (κ2) is 11.6. The fraction of sp³-hybridized carbons (Fsp3) is 0.350. The Morgan fingerprint density at radius 3 is 2.46 bits per heavy atom. The van der Waals surface area contributed by atoms with Crippen LogP contribution < -0.4 is 10.6 Å². The van der Waals surface area contributed by atoms with Gasteiger partial charge in [0.25, 0.3) is 0 Å². The molecule has 0 aliphatic rings. The molecular formula is C20H26N2O4. The van der Waals surface area contributed by atoms with E-state index in [4.69, 9.17) is 0 Å². The van der Waals surface area contributed by atoms with Crippen LogP contribution in [0.3, 0.4) is 0 Å². The Morgan fingerprint density at radius 2 is 1.85 bits per heavy atom. The summed E-state index contributed by atoms with van der Waals surface area (Å²) in [4.78, 5) is 34.8. The number of amides is 2. The lowest BCUT2D eigenvalue weighted by Crippen LogP contribution is -2.40. The van der Waals surface area contributed by atoms with Crippen LogP contribution in [0.2, 0.25) is 0 Å². The van der Waals surface area contributed by atoms with Crippen molar-refractivity contribution in [2.45, 2.75) is 39.2 Å². The lowest BCUT2D eigenvalue weighted by atomic mass is 10.1. The zero-order valence-corrected chi connectivity index (χ0v) is 15.2. The minimum atomic E-state index is -1.07. The fourth-order valence-electron chi connectivity index (χ4n) is 2.16. The summed E-state index contributed by atoms with van der Waals surface area (Å²) in [5.74, 6) is -1.64. The van der Waals surface area contributed by atoms with Gasteiger partial charge in [-0.15, -0.1) is 0 Å². The minimum Gasteiger partial charge on any atom is -0.480 e. The quantitative estimate of drug-likeness (QED) is 0.442. The molecule has 1 rings (SSSR count). The molecule has 0 aromatic heterocycles. The molecule has 6 heteroatoms. The molecule has 0 heterocycles. The summed E-state index contributed by atoms with van der Waals surface area (Å²) in [7, 11) is 0. The lowest BCUT2D eigenvalue weighted by Gasteiger charge is -2.13. The SMILES string of the molecule is C/C=C(\C)C(=O)NCCCC[C@H](NC(=O)C=Cc1ccccc1)C(=O)O. The van der Waals surface area contributed by atoms with Gasteiger partial charge in [0.15, 0.2) is 0 Å². The Labute approximate surface area is 154 Å². The number of allylic oxidation sites excluding steroid dienone is 1. The predicted molar refractivity (Wildman–Crippen MR) is 101 cm³/mol. The van der Waals surface area contributed by atoms with E-state index in [1.54, 1.807) is 26.0 Å². The van der Waals surface area contributed by atoms with Crippen molar-refractivity contribution < 1.29 is 19.5 Å². The fourth-order valence-corrected chi connectivity index (χ4v) is 2.16. The van der Waals surface area contributed by atoms with Crippen molar-refractivity contribution >= 4 is 23.9 Å². The van der Waals surface area contributed by atoms with Crippen LogP contribution in [0, 0.1) is 0 Å². The highest BCUT2D eigenvalue weighted by atomic mass is 16.4. The zero-order chi connectivity index (χ0) is 19.4. The summed E-state index contributed by atoms with van der Waals surface area (Å²) in [6.07, 6.45) is 6.21. The molecule has 3 N–H and O–H groups in total. The van der Waals surface area contributed by atoms with Crippen LogP contribution in [0.25, 0.3) is 6.08 Å². The van der Waals surface area contributed by atoms with Crippen LogP contribution in [0.1, 0.15) is 38.7 Å². The van der Waals surface area contributed by atoms with Crippen LogP contribution in [0.5, 0.6) is 0 Å². The van der Waals surface area contributed by atoms with Crippen LogP contribution in [0.15, 0.2) is 48.1 Å². The third kappa shape index (κ3) is 8.28. The van der Waals surface area contributed by atoms with E-state index < -0.39 is 17.9 Å². The number of carbonyl (C=O) groups is 3. The molecular weight excluding hydrogens is 332 g/mol. The van der Waals surface area contributed by atoms with E-state index in [2.05, 4.69) is 10.6 Å². The van der Waals surface area contributed by atoms with Crippen molar-refractivity contribution in [2.24, 2.45) is 0 Å². The Balaban J connectivity index is 2.37. The molecule has 26 heavy (non-hydrogen) atoms. The maximum atomic E-state index is 11.9. The van der Waals surface area contributed by atoms with Gasteiger partial charge in [-0.3, -0.25) is 9.59 Å². The second-order valence-electron chi connectivity index (χ2n) is 5.87. The summed E-state index contributed by atoms with van der Waals surface area (Å²) < 4.78 is 0. The first-order valence-electron chi connectivity index (χ1n) is 8.61. The molecule has 0 radical (unpaired) electrons. The van der Waals surface area contributed by atoms with Gasteiger partial charge in [0, 0.05) is 18.2 Å². The molecule has 0 spiro atoms. The third-order valence-corrected chi connectivity index (χ3v) is 3.84. The van der Waals surface area contributed by atoms with Crippen molar-refractivity contribution in [3.05, 3.63) is 53.6 Å². The van der Waals surface area contributed by atoms with Crippen LogP contribution in [-0.4, -0.2) is 35.5 Å². The van der Waals surface area contributed by atoms with E-state index in [-0.39, 0.29) is 5.91 Å². The van der Waals surface area contributed by atoms with Crippen molar-refractivity contribution in [1.82, 2.24) is 10.6 Å². The van der Waals surface area contributed by atoms with Gasteiger partial charge >= 0.3 is 5.97 Å². The highest BCUT2D eigenvalue weighted by molar-refractivity contribution is 5.94. The second-order valence-corrected chi connectivity index (χ2v) is 5.87. The van der Waals surface area contributed by atoms with Crippen LogP contribution in [0.4, 0.5) is 0 Å². The molecule has 140 valence electrons. The molecule has 1 atom stereocenters. The van der Waals surface area contributed by atoms with Gasteiger partial charge in [-0.2, -0.15) is 0 Å². The first kappa shape index (κ1) is 21.2. The highest BCUT2D eigenvalue weighted by Gasteiger charge is 2.18. The van der Waals surface area contributed by atoms with Gasteiger partial charge in [0.05, 0.1) is 0 Å². The smallest absolute Gasteiger partial charge is 0.326 e. The largest absolute Gasteiger partial charge is 0.480 e. The number of unbranched alkanes of at least 4 members (excludes halogenated alkanes) is 1. The number of nitrogens with one attached hydrogen (secondary N) is 2. The average molecular weight is 358 g/mol.